The van der Waals surface area contributed by atoms with E-state index in [0.29, 0.717) is 6.54 Å². The first kappa shape index (κ1) is 18.8. The van der Waals surface area contributed by atoms with Gasteiger partial charge in [-0.25, -0.2) is 4.98 Å². The van der Waals surface area contributed by atoms with Crippen LogP contribution in [0.1, 0.15) is 33.6 Å². The molecule has 1 aromatic carbocycles. The van der Waals surface area contributed by atoms with Crippen molar-refractivity contribution in [1.29, 1.82) is 0 Å². The Balaban J connectivity index is 1.60. The van der Waals surface area contributed by atoms with Crippen LogP contribution in [-0.2, 0) is 16.1 Å². The van der Waals surface area contributed by atoms with Crippen LogP contribution in [0.15, 0.2) is 47.2 Å². The predicted molar refractivity (Wildman–Crippen MR) is 113 cm³/mol. The number of rotatable bonds is 5. The minimum Gasteiger partial charge on any atom is -0.350 e. The number of carbonyl (C=O) groups excluding carboxylic acids is 2. The van der Waals surface area contributed by atoms with Crippen molar-refractivity contribution in [2.24, 2.45) is 5.92 Å². The van der Waals surface area contributed by atoms with Crippen LogP contribution in [0.2, 0.25) is 0 Å². The van der Waals surface area contributed by atoms with E-state index in [1.54, 1.807) is 27.6 Å². The lowest BCUT2D eigenvalue weighted by Crippen LogP contribution is -2.35. The first-order chi connectivity index (χ1) is 13.5. The van der Waals surface area contributed by atoms with Crippen molar-refractivity contribution >= 4 is 40.2 Å². The molecule has 1 saturated heterocycles. The van der Waals surface area contributed by atoms with E-state index < -0.39 is 5.92 Å². The SMILES string of the molecule is Cc1ccc(N2C(=O)C[C@H](C(=O)NCc3csc(C)n3)[C@H]2c2cccs2)cc1. The van der Waals surface area contributed by atoms with Crippen LogP contribution >= 0.6 is 22.7 Å². The van der Waals surface area contributed by atoms with Gasteiger partial charge in [-0.1, -0.05) is 23.8 Å². The molecular weight excluding hydrogens is 390 g/mol. The topological polar surface area (TPSA) is 62.3 Å². The zero-order chi connectivity index (χ0) is 19.7. The van der Waals surface area contributed by atoms with Crippen LogP contribution in [-0.4, -0.2) is 16.8 Å². The van der Waals surface area contributed by atoms with E-state index in [2.05, 4.69) is 10.3 Å². The number of hydrogen-bond donors (Lipinski definition) is 1. The summed E-state index contributed by atoms with van der Waals surface area (Å²) in [6.45, 7) is 4.34. The maximum Gasteiger partial charge on any atom is 0.228 e. The molecule has 1 N–H and O–H groups in total. The van der Waals surface area contributed by atoms with E-state index in [4.69, 9.17) is 0 Å². The monoisotopic (exact) mass is 411 g/mol. The first-order valence-electron chi connectivity index (χ1n) is 9.14. The van der Waals surface area contributed by atoms with E-state index in [1.807, 2.05) is 61.0 Å². The van der Waals surface area contributed by atoms with E-state index in [0.717, 1.165) is 26.8 Å². The van der Waals surface area contributed by atoms with Gasteiger partial charge in [-0.3, -0.25) is 9.59 Å². The number of nitrogens with one attached hydrogen (secondary N) is 1. The number of thiophene rings is 1. The minimum atomic E-state index is -0.424. The van der Waals surface area contributed by atoms with Crippen molar-refractivity contribution in [1.82, 2.24) is 10.3 Å². The number of carbonyl (C=O) groups is 2. The summed E-state index contributed by atoms with van der Waals surface area (Å²) in [6, 6.07) is 11.6. The third-order valence-electron chi connectivity index (χ3n) is 4.92. The zero-order valence-electron chi connectivity index (χ0n) is 15.7. The standard InChI is InChI=1S/C21H21N3O2S2/c1-13-5-7-16(8-6-13)24-19(25)10-17(20(24)18-4-3-9-27-18)21(26)22-11-15-12-28-14(2)23-15/h3-9,12,17,20H,10-11H2,1-2H3,(H,22,26)/t17-,20-/m0/s1. The summed E-state index contributed by atoms with van der Waals surface area (Å²) >= 11 is 3.14. The van der Waals surface area contributed by atoms with Crippen LogP contribution in [0.4, 0.5) is 5.69 Å². The maximum atomic E-state index is 13.0. The van der Waals surface area contributed by atoms with Gasteiger partial charge in [0.15, 0.2) is 0 Å². The molecule has 5 nitrogen and oxygen atoms in total. The summed E-state index contributed by atoms with van der Waals surface area (Å²) in [5.74, 6) is -0.550. The Labute approximate surface area is 172 Å². The van der Waals surface area contributed by atoms with Crippen molar-refractivity contribution in [2.45, 2.75) is 32.9 Å². The minimum absolute atomic E-state index is 0.0214. The molecule has 0 bridgehead atoms. The summed E-state index contributed by atoms with van der Waals surface area (Å²) in [7, 11) is 0. The molecule has 3 heterocycles. The fourth-order valence-electron chi connectivity index (χ4n) is 3.56. The highest BCUT2D eigenvalue weighted by atomic mass is 32.1. The molecule has 0 unspecified atom stereocenters. The third-order valence-corrected chi connectivity index (χ3v) is 6.68. The number of thiazole rings is 1. The van der Waals surface area contributed by atoms with Crippen molar-refractivity contribution in [3.05, 3.63) is 68.3 Å². The summed E-state index contributed by atoms with van der Waals surface area (Å²) in [5, 5.41) is 7.89. The average molecular weight is 412 g/mol. The fourth-order valence-corrected chi connectivity index (χ4v) is 5.06. The molecule has 1 fully saturated rings. The van der Waals surface area contributed by atoms with Gasteiger partial charge in [0, 0.05) is 22.4 Å². The first-order valence-corrected chi connectivity index (χ1v) is 10.9. The Hall–Kier alpha value is -2.51. The van der Waals surface area contributed by atoms with Crippen molar-refractivity contribution in [3.63, 3.8) is 0 Å². The molecule has 2 aromatic heterocycles. The van der Waals surface area contributed by atoms with Gasteiger partial charge in [0.05, 0.1) is 29.2 Å². The number of anilines is 1. The van der Waals surface area contributed by atoms with Gasteiger partial charge in [0.1, 0.15) is 0 Å². The summed E-state index contributed by atoms with van der Waals surface area (Å²) < 4.78 is 0. The molecule has 0 saturated carbocycles. The predicted octanol–water partition coefficient (Wildman–Crippen LogP) is 4.23. The second kappa shape index (κ2) is 7.85. The number of aryl methyl sites for hydroxylation is 2. The summed E-state index contributed by atoms with van der Waals surface area (Å²) in [6.07, 6.45) is 0.207. The summed E-state index contributed by atoms with van der Waals surface area (Å²) in [4.78, 5) is 33.1. The van der Waals surface area contributed by atoms with Gasteiger partial charge < -0.3 is 10.2 Å². The number of aromatic nitrogens is 1. The van der Waals surface area contributed by atoms with Gasteiger partial charge in [0.25, 0.3) is 0 Å². The van der Waals surface area contributed by atoms with Gasteiger partial charge in [-0.15, -0.1) is 22.7 Å². The fraction of sp³-hybridized carbons (Fsp3) is 0.286. The number of nitrogens with zero attached hydrogens (tertiary/aromatic N) is 2. The largest absolute Gasteiger partial charge is 0.350 e. The lowest BCUT2D eigenvalue weighted by molar-refractivity contribution is -0.127. The summed E-state index contributed by atoms with van der Waals surface area (Å²) in [5.41, 5.74) is 2.82. The van der Waals surface area contributed by atoms with Crippen molar-refractivity contribution in [3.8, 4) is 0 Å². The van der Waals surface area contributed by atoms with E-state index in [-0.39, 0.29) is 24.3 Å². The molecule has 0 aliphatic carbocycles. The second-order valence-electron chi connectivity index (χ2n) is 6.95. The highest BCUT2D eigenvalue weighted by Gasteiger charge is 2.45. The molecule has 144 valence electrons. The smallest absolute Gasteiger partial charge is 0.228 e. The maximum absolute atomic E-state index is 13.0. The average Bonchev–Trinajstić information content (AvgIpc) is 3.40. The molecule has 1 aliphatic rings. The Morgan fingerprint density at radius 1 is 1.21 bits per heavy atom. The van der Waals surface area contributed by atoms with Crippen molar-refractivity contribution < 1.29 is 9.59 Å². The molecule has 4 rings (SSSR count). The lowest BCUT2D eigenvalue weighted by atomic mass is 9.97. The van der Waals surface area contributed by atoms with Crippen LogP contribution < -0.4 is 10.2 Å². The number of benzene rings is 1. The van der Waals surface area contributed by atoms with Gasteiger partial charge in [-0.2, -0.15) is 0 Å². The van der Waals surface area contributed by atoms with Gasteiger partial charge in [-0.05, 0) is 37.4 Å². The molecule has 3 aromatic rings. The molecular formula is C21H21N3O2S2. The second-order valence-corrected chi connectivity index (χ2v) is 8.99. The molecule has 28 heavy (non-hydrogen) atoms. The third kappa shape index (κ3) is 3.72. The molecule has 0 spiro atoms. The van der Waals surface area contributed by atoms with E-state index >= 15 is 0 Å². The molecule has 1 aliphatic heterocycles. The molecule has 2 amide bonds. The molecule has 7 heteroatoms. The Kier molecular flexibility index (Phi) is 5.28. The van der Waals surface area contributed by atoms with E-state index in [1.165, 1.54) is 0 Å². The number of hydrogen-bond acceptors (Lipinski definition) is 5. The van der Waals surface area contributed by atoms with Crippen LogP contribution in [0, 0.1) is 19.8 Å². The zero-order valence-corrected chi connectivity index (χ0v) is 17.3. The number of amides is 2. The Morgan fingerprint density at radius 2 is 2.00 bits per heavy atom. The van der Waals surface area contributed by atoms with Crippen molar-refractivity contribution in [2.75, 3.05) is 4.90 Å². The van der Waals surface area contributed by atoms with Crippen LogP contribution in [0.5, 0.6) is 0 Å². The Morgan fingerprint density at radius 3 is 2.64 bits per heavy atom. The van der Waals surface area contributed by atoms with E-state index in [9.17, 15) is 9.59 Å². The normalized spacial score (nSPS) is 19.2. The molecule has 2 atom stereocenters. The highest BCUT2D eigenvalue weighted by molar-refractivity contribution is 7.10. The van der Waals surface area contributed by atoms with Gasteiger partial charge in [0.2, 0.25) is 11.8 Å². The quantitative estimate of drug-likeness (QED) is 0.683. The van der Waals surface area contributed by atoms with Crippen LogP contribution in [0.3, 0.4) is 0 Å². The van der Waals surface area contributed by atoms with Crippen LogP contribution in [0.25, 0.3) is 0 Å². The highest BCUT2D eigenvalue weighted by Crippen LogP contribution is 2.43. The Bertz CT molecular complexity index is 980. The van der Waals surface area contributed by atoms with Gasteiger partial charge >= 0.3 is 0 Å². The molecule has 0 radical (unpaired) electrons. The lowest BCUT2D eigenvalue weighted by Gasteiger charge is -2.27.